The van der Waals surface area contributed by atoms with Crippen LogP contribution in [0.25, 0.3) is 19.9 Å². The maximum absolute atomic E-state index is 5.44. The van der Waals surface area contributed by atoms with Crippen LogP contribution in [0.3, 0.4) is 0 Å². The van der Waals surface area contributed by atoms with Crippen molar-refractivity contribution >= 4 is 72.1 Å². The van der Waals surface area contributed by atoms with Gasteiger partial charge >= 0.3 is 33.6 Å². The first kappa shape index (κ1) is 80.5. The predicted octanol–water partition coefficient (Wildman–Crippen LogP) is 24.3. The molecule has 0 unspecified atom stereocenters. The summed E-state index contributed by atoms with van der Waals surface area (Å²) in [4.78, 5) is 0. The van der Waals surface area contributed by atoms with Crippen LogP contribution in [-0.2, 0) is 33.6 Å². The Bertz CT molecular complexity index is 2190. The van der Waals surface area contributed by atoms with Crippen molar-refractivity contribution in [3.8, 4) is 0 Å². The van der Waals surface area contributed by atoms with Gasteiger partial charge in [-0.1, -0.05) is 264 Å². The first-order chi connectivity index (χ1) is 35.1. The largest absolute Gasteiger partial charge is 2.00 e. The molecule has 0 amide bonds. The van der Waals surface area contributed by atoms with E-state index >= 15 is 0 Å². The third kappa shape index (κ3) is 31.0. The first-order valence-corrected chi connectivity index (χ1v) is 45.9. The fourth-order valence-electron chi connectivity index (χ4n) is 10.1. The number of para-hydroxylation sites is 2. The number of hydrogen-bond acceptors (Lipinski definition) is 2. The normalized spacial score (nSPS) is 13.2. The van der Waals surface area contributed by atoms with Crippen LogP contribution in [0.4, 0.5) is 11.4 Å². The van der Waals surface area contributed by atoms with Gasteiger partial charge in [0.15, 0.2) is 0 Å². The minimum Gasteiger partial charge on any atom is -0.668 e. The molecule has 4 aromatic carbocycles. The second kappa shape index (κ2) is 33.4. The summed E-state index contributed by atoms with van der Waals surface area (Å²) < 4.78 is 20.5. The van der Waals surface area contributed by atoms with E-state index in [9.17, 15) is 0 Å². The minimum atomic E-state index is -1.11. The quantitative estimate of drug-likeness (QED) is 0.0522. The number of amidine groups is 2. The predicted molar refractivity (Wildman–Crippen MR) is 377 cm³/mol. The topological polar surface area (TPSA) is 81.1 Å². The summed E-state index contributed by atoms with van der Waals surface area (Å²) in [5.41, 5.74) is 9.59. The first-order valence-electron chi connectivity index (χ1n) is 29.3. The van der Waals surface area contributed by atoms with Crippen molar-refractivity contribution < 1.29 is 33.6 Å². The van der Waals surface area contributed by atoms with Gasteiger partial charge in [0.25, 0.3) is 0 Å². The molecular weight excluding hydrogens is 1170 g/mol. The Labute approximate surface area is 523 Å². The van der Waals surface area contributed by atoms with Gasteiger partial charge in [-0.25, -0.2) is 0 Å². The van der Waals surface area contributed by atoms with E-state index in [1.165, 1.54) is 22.3 Å². The number of benzene rings is 4. The summed E-state index contributed by atoms with van der Waals surface area (Å²) in [6, 6.07) is 34.2. The van der Waals surface area contributed by atoms with Crippen LogP contribution in [0, 0.1) is 0 Å². The van der Waals surface area contributed by atoms with Gasteiger partial charge in [-0.05, 0) is 163 Å². The molecule has 0 aliphatic heterocycles. The van der Waals surface area contributed by atoms with Crippen LogP contribution in [0.1, 0.15) is 196 Å². The second-order valence-electron chi connectivity index (χ2n) is 30.6. The van der Waals surface area contributed by atoms with E-state index in [1.807, 2.05) is 0 Å². The van der Waals surface area contributed by atoms with Crippen LogP contribution >= 0.6 is 16.1 Å². The van der Waals surface area contributed by atoms with E-state index in [0.29, 0.717) is 23.7 Å². The molecule has 0 aliphatic carbocycles. The minimum absolute atomic E-state index is 0. The summed E-state index contributed by atoms with van der Waals surface area (Å²) in [6.07, 6.45) is 0. The Balaban J connectivity index is 0. The zero-order valence-electron chi connectivity index (χ0n) is 56.9. The van der Waals surface area contributed by atoms with E-state index in [0.717, 1.165) is 34.2 Å². The van der Waals surface area contributed by atoms with Crippen molar-refractivity contribution in [1.29, 1.82) is 0 Å². The van der Waals surface area contributed by atoms with E-state index in [2.05, 4.69) is 314 Å². The zero-order valence-corrected chi connectivity index (χ0v) is 65.0. The van der Waals surface area contributed by atoms with Crippen molar-refractivity contribution in [3.05, 3.63) is 150 Å². The molecule has 0 aliphatic rings. The zero-order chi connectivity index (χ0) is 60.8. The summed E-state index contributed by atoms with van der Waals surface area (Å²) >= 11 is 0. The molecule has 0 heterocycles. The Morgan fingerprint density at radius 3 is 0.688 bits per heavy atom. The Morgan fingerprint density at radius 1 is 0.338 bits per heavy atom. The molecule has 454 valence electrons. The third-order valence-corrected chi connectivity index (χ3v) is 29.1. The smallest absolute Gasteiger partial charge is 0.668 e. The van der Waals surface area contributed by atoms with Crippen LogP contribution in [-0.4, -0.2) is 65.2 Å². The van der Waals surface area contributed by atoms with Crippen molar-refractivity contribution in [3.63, 3.8) is 0 Å². The molecule has 0 fully saturated rings. The van der Waals surface area contributed by atoms with Crippen LogP contribution in [0.2, 0.25) is 78.6 Å². The SMILES string of the molecule is CC(C)c1cccc(C(C)C)c1[N-]/C(=N\[PH+](C(C)(C)C)C(C)(C)C)c1ccccc1.CC(C)c1cccc(C(C)C)c1[N-]/C(=N\[PH+](C(C)(C)C)C(C)(C)C)c1ccccc1.C[Si](C)(C)[N-][Si](C)(C)C.C[Si](C)(C)[N-][Si](C)(C)C.[Co+2].[Co+2]. The van der Waals surface area contributed by atoms with E-state index in [4.69, 9.17) is 29.5 Å². The number of nitrogens with zero attached hydrogens (tertiary/aromatic N) is 6. The fraction of sp³-hybridized carbons (Fsp3) is 0.606. The maximum Gasteiger partial charge on any atom is 2.00 e. The molecule has 4 aromatic rings. The van der Waals surface area contributed by atoms with Gasteiger partial charge in [-0.3, -0.25) is 0 Å². The average molecular weight is 1290 g/mol. The molecule has 2 radical (unpaired) electrons. The number of hydrogen-bond donors (Lipinski definition) is 0. The van der Waals surface area contributed by atoms with Gasteiger partial charge in [-0.2, -0.15) is 0 Å². The molecule has 0 saturated heterocycles. The third-order valence-electron chi connectivity index (χ3n) is 11.8. The van der Waals surface area contributed by atoms with Crippen molar-refractivity contribution in [2.24, 2.45) is 9.53 Å². The monoisotopic (exact) mass is 1290 g/mol. The van der Waals surface area contributed by atoms with Gasteiger partial charge < -0.3 is 29.5 Å². The molecular formula is C66H118Co2N6P2Si4+2. The second-order valence-corrected chi connectivity index (χ2v) is 57.6. The van der Waals surface area contributed by atoms with Crippen molar-refractivity contribution in [2.75, 3.05) is 0 Å². The summed E-state index contributed by atoms with van der Waals surface area (Å²) in [5.74, 6) is 3.40. The van der Waals surface area contributed by atoms with Crippen molar-refractivity contribution in [1.82, 2.24) is 0 Å². The van der Waals surface area contributed by atoms with Crippen LogP contribution in [0.5, 0.6) is 0 Å². The summed E-state index contributed by atoms with van der Waals surface area (Å²) in [6.45, 7) is 73.4. The van der Waals surface area contributed by atoms with Gasteiger partial charge in [-0.15, -0.1) is 0 Å². The number of rotatable bonds is 14. The molecule has 0 bridgehead atoms. The molecule has 0 atom stereocenters. The maximum atomic E-state index is 5.44. The Kier molecular flexibility index (Phi) is 33.6. The van der Waals surface area contributed by atoms with Gasteiger partial charge in [0, 0.05) is 16.1 Å². The molecule has 14 heteroatoms. The van der Waals surface area contributed by atoms with E-state index in [1.54, 1.807) is 0 Å². The Morgan fingerprint density at radius 2 is 0.537 bits per heavy atom. The van der Waals surface area contributed by atoms with E-state index in [-0.39, 0.29) is 54.2 Å². The summed E-state index contributed by atoms with van der Waals surface area (Å²) in [5, 5.41) is 11.2. The molecule has 4 rings (SSSR count). The molecule has 80 heavy (non-hydrogen) atoms. The van der Waals surface area contributed by atoms with Gasteiger partial charge in [0.1, 0.15) is 0 Å². The van der Waals surface area contributed by atoms with Gasteiger partial charge in [0.05, 0.1) is 20.6 Å². The fourth-order valence-corrected chi connectivity index (χ4v) is 32.8. The van der Waals surface area contributed by atoms with Crippen molar-refractivity contribution in [2.45, 2.75) is 261 Å². The molecule has 6 nitrogen and oxygen atoms in total. The molecule has 0 spiro atoms. The Hall–Kier alpha value is -1.52. The van der Waals surface area contributed by atoms with E-state index < -0.39 is 49.1 Å². The van der Waals surface area contributed by atoms with Crippen LogP contribution in [0.15, 0.2) is 107 Å². The standard InChI is InChI=1S/2C27H40N2P.2C6H18NSi2.2Co/c2*1-19(2)22-17-14-18-23(20(3)4)24(22)28-25(21-15-12-11-13-16-21)29-30(26(5,6)7)27(8,9)10;2*1-8(2,3)7-9(4,5)6;;/h2*11-20H,1-10H3;2*1-6H3;;/q4*-1;2*+2/p+2. The summed E-state index contributed by atoms with van der Waals surface area (Å²) in [7, 11) is -6.65. The molecule has 0 saturated carbocycles. The van der Waals surface area contributed by atoms with Gasteiger partial charge in [0.2, 0.25) is 0 Å². The van der Waals surface area contributed by atoms with Crippen LogP contribution < -0.4 is 0 Å². The molecule has 0 N–H and O–H groups in total. The molecule has 0 aromatic heterocycles. The average Bonchev–Trinajstić information content (AvgIpc) is 3.23.